The molecule has 0 aliphatic carbocycles. The molecule has 0 radical (unpaired) electrons. The first-order valence-electron chi connectivity index (χ1n) is 7.39. The van der Waals surface area contributed by atoms with Crippen molar-refractivity contribution < 1.29 is 9.47 Å². The Morgan fingerprint density at radius 1 is 1.45 bits per heavy atom. The Hall–Kier alpha value is -0.940. The fourth-order valence-electron chi connectivity index (χ4n) is 2.57. The average Bonchev–Trinajstić information content (AvgIpc) is 2.47. The number of ether oxygens (including phenoxy) is 2. The summed E-state index contributed by atoms with van der Waals surface area (Å²) in [4.78, 5) is 0. The van der Waals surface area contributed by atoms with Crippen LogP contribution in [0.3, 0.4) is 0 Å². The molecule has 0 bridgehead atoms. The number of nitrogens with one attached hydrogen (secondary N) is 2. The van der Waals surface area contributed by atoms with Gasteiger partial charge in [0.25, 0.3) is 0 Å². The lowest BCUT2D eigenvalue weighted by Crippen LogP contribution is -2.44. The van der Waals surface area contributed by atoms with Crippen LogP contribution in [0, 0.1) is 0 Å². The lowest BCUT2D eigenvalue weighted by molar-refractivity contribution is 0.0712. The molecule has 2 N–H and O–H groups in total. The van der Waals surface area contributed by atoms with Crippen LogP contribution < -0.4 is 10.6 Å². The van der Waals surface area contributed by atoms with E-state index >= 15 is 0 Å². The Labute approximate surface area is 121 Å². The Bertz CT molecular complexity index is 392. The molecule has 1 heterocycles. The van der Waals surface area contributed by atoms with Crippen LogP contribution in [0.25, 0.3) is 0 Å². The second-order valence-electron chi connectivity index (χ2n) is 5.50. The van der Waals surface area contributed by atoms with E-state index in [0.29, 0.717) is 18.7 Å². The number of hydrogen-bond donors (Lipinski definition) is 2. The third-order valence-corrected chi connectivity index (χ3v) is 3.59. The van der Waals surface area contributed by atoms with Gasteiger partial charge in [-0.2, -0.15) is 0 Å². The normalized spacial score (nSPS) is 20.8. The van der Waals surface area contributed by atoms with Gasteiger partial charge in [0, 0.05) is 32.3 Å². The molecule has 112 valence electrons. The largest absolute Gasteiger partial charge is 0.380 e. The Morgan fingerprint density at radius 3 is 3.05 bits per heavy atom. The van der Waals surface area contributed by atoms with Crippen LogP contribution in [-0.2, 0) is 22.6 Å². The zero-order valence-corrected chi connectivity index (χ0v) is 12.5. The predicted octanol–water partition coefficient (Wildman–Crippen LogP) is 1.69. The fourth-order valence-corrected chi connectivity index (χ4v) is 2.57. The van der Waals surface area contributed by atoms with Crippen molar-refractivity contribution in [1.82, 2.24) is 10.6 Å². The number of morpholine rings is 1. The smallest absolute Gasteiger partial charge is 0.0713 e. The second kappa shape index (κ2) is 8.37. The van der Waals surface area contributed by atoms with Crippen molar-refractivity contribution in [2.75, 3.05) is 26.9 Å². The van der Waals surface area contributed by atoms with Crippen LogP contribution in [0.15, 0.2) is 24.3 Å². The summed E-state index contributed by atoms with van der Waals surface area (Å²) in [6, 6.07) is 9.49. The molecular formula is C16H26N2O2. The molecule has 1 fully saturated rings. The van der Waals surface area contributed by atoms with Gasteiger partial charge in [-0.05, 0) is 24.5 Å². The first kappa shape index (κ1) is 15.4. The molecule has 0 amide bonds. The minimum absolute atomic E-state index is 0.472. The van der Waals surface area contributed by atoms with Gasteiger partial charge < -0.3 is 20.1 Å². The average molecular weight is 278 g/mol. The van der Waals surface area contributed by atoms with E-state index in [9.17, 15) is 0 Å². The van der Waals surface area contributed by atoms with Crippen molar-refractivity contribution >= 4 is 0 Å². The Morgan fingerprint density at radius 2 is 2.30 bits per heavy atom. The molecule has 1 aromatic rings. The summed E-state index contributed by atoms with van der Waals surface area (Å²) < 4.78 is 10.7. The minimum Gasteiger partial charge on any atom is -0.380 e. The molecule has 1 aliphatic rings. The third kappa shape index (κ3) is 5.21. The molecule has 20 heavy (non-hydrogen) atoms. The van der Waals surface area contributed by atoms with Gasteiger partial charge in [-0.25, -0.2) is 0 Å². The van der Waals surface area contributed by atoms with Gasteiger partial charge in [0.15, 0.2) is 0 Å². The molecule has 0 spiro atoms. The van der Waals surface area contributed by atoms with Gasteiger partial charge in [-0.3, -0.25) is 0 Å². The van der Waals surface area contributed by atoms with Crippen LogP contribution in [0.5, 0.6) is 0 Å². The zero-order valence-electron chi connectivity index (χ0n) is 12.5. The summed E-state index contributed by atoms with van der Waals surface area (Å²) in [6.07, 6.45) is 1.10. The van der Waals surface area contributed by atoms with Crippen LogP contribution in [0.1, 0.15) is 24.5 Å². The van der Waals surface area contributed by atoms with Crippen LogP contribution in [0.4, 0.5) is 0 Å². The van der Waals surface area contributed by atoms with E-state index in [-0.39, 0.29) is 0 Å². The maximum Gasteiger partial charge on any atom is 0.0713 e. The van der Waals surface area contributed by atoms with Crippen molar-refractivity contribution in [3.05, 3.63) is 35.4 Å². The molecular weight excluding hydrogens is 252 g/mol. The van der Waals surface area contributed by atoms with Gasteiger partial charge in [0.05, 0.1) is 19.8 Å². The van der Waals surface area contributed by atoms with E-state index in [1.165, 1.54) is 11.1 Å². The highest BCUT2D eigenvalue weighted by Gasteiger charge is 2.15. The highest BCUT2D eigenvalue weighted by molar-refractivity contribution is 5.22. The molecule has 4 heteroatoms. The maximum atomic E-state index is 5.48. The minimum atomic E-state index is 0.472. The summed E-state index contributed by atoms with van der Waals surface area (Å²) in [7, 11) is 1.73. The quantitative estimate of drug-likeness (QED) is 0.796. The van der Waals surface area contributed by atoms with Gasteiger partial charge >= 0.3 is 0 Å². The van der Waals surface area contributed by atoms with E-state index in [2.05, 4.69) is 41.8 Å². The molecule has 1 aromatic carbocycles. The zero-order chi connectivity index (χ0) is 14.2. The van der Waals surface area contributed by atoms with E-state index in [1.54, 1.807) is 7.11 Å². The van der Waals surface area contributed by atoms with Crippen molar-refractivity contribution in [2.24, 2.45) is 0 Å². The van der Waals surface area contributed by atoms with Gasteiger partial charge in [-0.1, -0.05) is 24.3 Å². The maximum absolute atomic E-state index is 5.48. The van der Waals surface area contributed by atoms with Gasteiger partial charge in [0.2, 0.25) is 0 Å². The summed E-state index contributed by atoms with van der Waals surface area (Å²) in [5.74, 6) is 0. The number of benzene rings is 1. The standard InChI is InChI=1S/C16H26N2O2/c1-13(8-16-12-20-7-6-17-16)18-10-14-4-3-5-15(9-14)11-19-2/h3-5,9,13,16-18H,6-8,10-12H2,1-2H3. The van der Waals surface area contributed by atoms with Crippen molar-refractivity contribution in [3.63, 3.8) is 0 Å². The second-order valence-corrected chi connectivity index (χ2v) is 5.50. The van der Waals surface area contributed by atoms with Gasteiger partial charge in [-0.15, -0.1) is 0 Å². The van der Waals surface area contributed by atoms with Crippen LogP contribution in [0.2, 0.25) is 0 Å². The fraction of sp³-hybridized carbons (Fsp3) is 0.625. The highest BCUT2D eigenvalue weighted by atomic mass is 16.5. The summed E-state index contributed by atoms with van der Waals surface area (Å²) >= 11 is 0. The topological polar surface area (TPSA) is 42.5 Å². The molecule has 0 saturated carbocycles. The summed E-state index contributed by atoms with van der Waals surface area (Å²) in [5, 5.41) is 7.07. The van der Waals surface area contributed by atoms with Crippen molar-refractivity contribution in [2.45, 2.75) is 38.6 Å². The molecule has 2 atom stereocenters. The van der Waals surface area contributed by atoms with E-state index < -0.39 is 0 Å². The number of hydrogen-bond acceptors (Lipinski definition) is 4. The molecule has 1 saturated heterocycles. The molecule has 2 unspecified atom stereocenters. The lowest BCUT2D eigenvalue weighted by Gasteiger charge is -2.26. The van der Waals surface area contributed by atoms with Gasteiger partial charge in [0.1, 0.15) is 0 Å². The molecule has 1 aliphatic heterocycles. The van der Waals surface area contributed by atoms with Crippen molar-refractivity contribution in [3.8, 4) is 0 Å². The Balaban J connectivity index is 1.74. The van der Waals surface area contributed by atoms with E-state index in [1.807, 2.05) is 0 Å². The number of methoxy groups -OCH3 is 1. The third-order valence-electron chi connectivity index (χ3n) is 3.59. The number of rotatable bonds is 7. The first-order chi connectivity index (χ1) is 9.78. The monoisotopic (exact) mass is 278 g/mol. The van der Waals surface area contributed by atoms with Crippen LogP contribution in [-0.4, -0.2) is 39.0 Å². The van der Waals surface area contributed by atoms with Crippen molar-refractivity contribution in [1.29, 1.82) is 0 Å². The lowest BCUT2D eigenvalue weighted by atomic mass is 10.1. The Kier molecular flexibility index (Phi) is 6.47. The summed E-state index contributed by atoms with van der Waals surface area (Å²) in [5.41, 5.74) is 2.53. The van der Waals surface area contributed by atoms with E-state index in [0.717, 1.165) is 32.7 Å². The SMILES string of the molecule is COCc1cccc(CNC(C)CC2COCCN2)c1. The molecule has 0 aromatic heterocycles. The first-order valence-corrected chi connectivity index (χ1v) is 7.39. The van der Waals surface area contributed by atoms with E-state index in [4.69, 9.17) is 9.47 Å². The highest BCUT2D eigenvalue weighted by Crippen LogP contribution is 2.08. The molecule has 2 rings (SSSR count). The predicted molar refractivity (Wildman–Crippen MR) is 80.7 cm³/mol. The van der Waals surface area contributed by atoms with Crippen LogP contribution >= 0.6 is 0 Å². The summed E-state index contributed by atoms with van der Waals surface area (Å²) in [6.45, 7) is 6.44. The molecule has 4 nitrogen and oxygen atoms in total.